The first-order valence-corrected chi connectivity index (χ1v) is 6.83. The predicted octanol–water partition coefficient (Wildman–Crippen LogP) is -0.689. The third-order valence-corrected chi connectivity index (χ3v) is 3.80. The summed E-state index contributed by atoms with van der Waals surface area (Å²) in [5, 5.41) is 9.05. The van der Waals surface area contributed by atoms with E-state index in [0.29, 0.717) is 13.1 Å². The highest BCUT2D eigenvalue weighted by molar-refractivity contribution is 7.87. The van der Waals surface area contributed by atoms with Crippen molar-refractivity contribution in [1.82, 2.24) is 9.03 Å². The Morgan fingerprint density at radius 1 is 1.44 bits per heavy atom. The van der Waals surface area contributed by atoms with Crippen molar-refractivity contribution in [2.24, 2.45) is 0 Å². The molecule has 16 heavy (non-hydrogen) atoms. The summed E-state index contributed by atoms with van der Waals surface area (Å²) in [6.07, 6.45) is -0.899. The second-order valence-corrected chi connectivity index (χ2v) is 6.03. The minimum absolute atomic E-state index is 0.0302. The summed E-state index contributed by atoms with van der Waals surface area (Å²) in [5.41, 5.74) is 0. The summed E-state index contributed by atoms with van der Waals surface area (Å²) in [5.74, 6) is 0. The number of morpholine rings is 1. The summed E-state index contributed by atoms with van der Waals surface area (Å²) < 4.78 is 32.8. The summed E-state index contributed by atoms with van der Waals surface area (Å²) in [6, 6.07) is 0. The molecular weight excluding hydrogens is 232 g/mol. The van der Waals surface area contributed by atoms with Crippen LogP contribution in [0.1, 0.15) is 20.8 Å². The molecule has 96 valence electrons. The standard InChI is InChI=1S/C9H20N2O4S/c1-7(12)4-10-16(13,14)11-5-8(2)15-9(3)6-11/h7-10,12H,4-6H2,1-3H3/t7-,8?,9?/m1/s1. The zero-order valence-electron chi connectivity index (χ0n) is 9.88. The molecule has 0 saturated carbocycles. The molecule has 1 saturated heterocycles. The number of nitrogens with zero attached hydrogens (tertiary/aromatic N) is 1. The highest BCUT2D eigenvalue weighted by Crippen LogP contribution is 2.13. The largest absolute Gasteiger partial charge is 0.392 e. The SMILES string of the molecule is CC1CN(S(=O)(=O)NC[C@@H](C)O)CC(C)O1. The number of nitrogens with one attached hydrogen (secondary N) is 1. The number of ether oxygens (including phenoxy) is 1. The molecule has 2 unspecified atom stereocenters. The van der Waals surface area contributed by atoms with Gasteiger partial charge in [-0.1, -0.05) is 0 Å². The van der Waals surface area contributed by atoms with Crippen LogP contribution in [-0.4, -0.2) is 55.8 Å². The van der Waals surface area contributed by atoms with Crippen LogP contribution in [0.2, 0.25) is 0 Å². The van der Waals surface area contributed by atoms with E-state index in [4.69, 9.17) is 9.84 Å². The predicted molar refractivity (Wildman–Crippen MR) is 60.2 cm³/mol. The molecule has 0 bridgehead atoms. The molecule has 0 aliphatic carbocycles. The van der Waals surface area contributed by atoms with Gasteiger partial charge in [0, 0.05) is 19.6 Å². The van der Waals surface area contributed by atoms with E-state index in [0.717, 1.165) is 0 Å². The van der Waals surface area contributed by atoms with Gasteiger partial charge in [-0.2, -0.15) is 17.4 Å². The number of hydrogen-bond acceptors (Lipinski definition) is 4. The zero-order chi connectivity index (χ0) is 12.3. The number of hydrogen-bond donors (Lipinski definition) is 2. The fourth-order valence-electron chi connectivity index (χ4n) is 1.64. The van der Waals surface area contributed by atoms with Gasteiger partial charge in [0.25, 0.3) is 10.2 Å². The van der Waals surface area contributed by atoms with Crippen molar-refractivity contribution in [2.75, 3.05) is 19.6 Å². The van der Waals surface area contributed by atoms with Crippen LogP contribution < -0.4 is 4.72 Å². The van der Waals surface area contributed by atoms with Gasteiger partial charge >= 0.3 is 0 Å². The van der Waals surface area contributed by atoms with Crippen molar-refractivity contribution >= 4 is 10.2 Å². The highest BCUT2D eigenvalue weighted by Gasteiger charge is 2.30. The third-order valence-electron chi connectivity index (χ3n) is 2.29. The fourth-order valence-corrected chi connectivity index (χ4v) is 3.09. The van der Waals surface area contributed by atoms with E-state index in [1.807, 2.05) is 13.8 Å². The minimum Gasteiger partial charge on any atom is -0.392 e. The van der Waals surface area contributed by atoms with Crippen LogP contribution in [0.3, 0.4) is 0 Å². The van der Waals surface area contributed by atoms with Gasteiger partial charge in [-0.15, -0.1) is 0 Å². The maximum Gasteiger partial charge on any atom is 0.279 e. The van der Waals surface area contributed by atoms with Crippen LogP contribution in [0.4, 0.5) is 0 Å². The maximum absolute atomic E-state index is 11.8. The van der Waals surface area contributed by atoms with Gasteiger partial charge in [-0.3, -0.25) is 0 Å². The monoisotopic (exact) mass is 252 g/mol. The Morgan fingerprint density at radius 3 is 2.38 bits per heavy atom. The van der Waals surface area contributed by atoms with E-state index in [1.54, 1.807) is 0 Å². The molecule has 0 spiro atoms. The van der Waals surface area contributed by atoms with Gasteiger partial charge in [-0.05, 0) is 20.8 Å². The summed E-state index contributed by atoms with van der Waals surface area (Å²) >= 11 is 0. The topological polar surface area (TPSA) is 78.9 Å². The summed E-state index contributed by atoms with van der Waals surface area (Å²) in [4.78, 5) is 0. The van der Waals surface area contributed by atoms with E-state index in [2.05, 4.69) is 4.72 Å². The van der Waals surface area contributed by atoms with Crippen LogP contribution in [0.15, 0.2) is 0 Å². The Labute approximate surface area is 96.8 Å². The molecule has 2 N–H and O–H groups in total. The van der Waals surface area contributed by atoms with Crippen LogP contribution in [-0.2, 0) is 14.9 Å². The average Bonchev–Trinajstić information content (AvgIpc) is 2.13. The first kappa shape index (κ1) is 13.9. The molecule has 1 heterocycles. The van der Waals surface area contributed by atoms with Crippen molar-refractivity contribution in [3.8, 4) is 0 Å². The van der Waals surface area contributed by atoms with Gasteiger partial charge in [0.1, 0.15) is 0 Å². The molecule has 0 aromatic carbocycles. The molecule has 1 aliphatic heterocycles. The van der Waals surface area contributed by atoms with Crippen molar-refractivity contribution in [3.63, 3.8) is 0 Å². The first-order chi connectivity index (χ1) is 7.31. The Balaban J connectivity index is 2.60. The summed E-state index contributed by atoms with van der Waals surface area (Å²) in [6.45, 7) is 5.94. The van der Waals surface area contributed by atoms with Gasteiger partial charge in [0.2, 0.25) is 0 Å². The lowest BCUT2D eigenvalue weighted by Crippen LogP contribution is -2.52. The third kappa shape index (κ3) is 3.99. The Hall–Kier alpha value is -0.210. The second kappa shape index (κ2) is 5.42. The smallest absolute Gasteiger partial charge is 0.279 e. The first-order valence-electron chi connectivity index (χ1n) is 5.39. The highest BCUT2D eigenvalue weighted by atomic mass is 32.2. The van der Waals surface area contributed by atoms with Gasteiger partial charge in [-0.25, -0.2) is 0 Å². The Morgan fingerprint density at radius 2 is 1.94 bits per heavy atom. The number of rotatable bonds is 4. The van der Waals surface area contributed by atoms with Crippen molar-refractivity contribution in [3.05, 3.63) is 0 Å². The number of aliphatic hydroxyl groups excluding tert-OH is 1. The molecule has 0 aromatic rings. The molecule has 7 heteroatoms. The minimum atomic E-state index is -3.50. The Kier molecular flexibility index (Phi) is 4.69. The van der Waals surface area contributed by atoms with Crippen molar-refractivity contribution in [2.45, 2.75) is 39.1 Å². The Bertz CT molecular complexity index is 307. The molecular formula is C9H20N2O4S. The van der Waals surface area contributed by atoms with Crippen LogP contribution in [0.25, 0.3) is 0 Å². The lowest BCUT2D eigenvalue weighted by molar-refractivity contribution is -0.0444. The van der Waals surface area contributed by atoms with Crippen molar-refractivity contribution < 1.29 is 18.3 Å². The number of aliphatic hydroxyl groups is 1. The van der Waals surface area contributed by atoms with E-state index < -0.39 is 16.3 Å². The van der Waals surface area contributed by atoms with Crippen LogP contribution in [0.5, 0.6) is 0 Å². The normalized spacial score (nSPS) is 30.2. The molecule has 0 aromatic heterocycles. The van der Waals surface area contributed by atoms with Crippen molar-refractivity contribution in [1.29, 1.82) is 0 Å². The molecule has 3 atom stereocenters. The molecule has 6 nitrogen and oxygen atoms in total. The average molecular weight is 252 g/mol. The lowest BCUT2D eigenvalue weighted by Gasteiger charge is -2.34. The lowest BCUT2D eigenvalue weighted by atomic mass is 10.3. The van der Waals surface area contributed by atoms with E-state index in [9.17, 15) is 8.42 Å². The van der Waals surface area contributed by atoms with E-state index >= 15 is 0 Å². The van der Waals surface area contributed by atoms with Crippen LogP contribution in [0, 0.1) is 0 Å². The molecule has 1 fully saturated rings. The maximum atomic E-state index is 11.8. The van der Waals surface area contributed by atoms with Crippen LogP contribution >= 0.6 is 0 Å². The summed E-state index contributed by atoms with van der Waals surface area (Å²) in [7, 11) is -3.50. The molecule has 0 amide bonds. The molecule has 0 radical (unpaired) electrons. The zero-order valence-corrected chi connectivity index (χ0v) is 10.7. The quantitative estimate of drug-likeness (QED) is 0.694. The molecule has 1 rings (SSSR count). The van der Waals surface area contributed by atoms with E-state index in [-0.39, 0.29) is 18.8 Å². The molecule has 1 aliphatic rings. The second-order valence-electron chi connectivity index (χ2n) is 4.28. The fraction of sp³-hybridized carbons (Fsp3) is 1.00. The van der Waals surface area contributed by atoms with Gasteiger partial charge < -0.3 is 9.84 Å². The van der Waals surface area contributed by atoms with Gasteiger partial charge in [0.15, 0.2) is 0 Å². The van der Waals surface area contributed by atoms with E-state index in [1.165, 1.54) is 11.2 Å². The van der Waals surface area contributed by atoms with Gasteiger partial charge in [0.05, 0.1) is 18.3 Å².